The zero-order chi connectivity index (χ0) is 14.2. The fourth-order valence-corrected chi connectivity index (χ4v) is 3.11. The van der Waals surface area contributed by atoms with E-state index < -0.39 is 11.9 Å². The van der Waals surface area contributed by atoms with Gasteiger partial charge in [-0.2, -0.15) is 0 Å². The lowest BCUT2D eigenvalue weighted by Crippen LogP contribution is -2.30. The van der Waals surface area contributed by atoms with Gasteiger partial charge >= 0.3 is 5.97 Å². The molecule has 0 bridgehead atoms. The van der Waals surface area contributed by atoms with Gasteiger partial charge < -0.3 is 10.0 Å². The number of amides is 1. The average Bonchev–Trinajstić information content (AvgIpc) is 2.93. The molecule has 0 aromatic carbocycles. The molecular formula is C12H17N3O3S. The number of likely N-dealkylation sites (tertiary alicyclic amines) is 1. The average molecular weight is 283 g/mol. The van der Waals surface area contributed by atoms with E-state index in [9.17, 15) is 9.59 Å². The number of carbonyl (C=O) groups excluding carboxylic acids is 1. The van der Waals surface area contributed by atoms with Crippen molar-refractivity contribution in [1.82, 2.24) is 14.5 Å². The van der Waals surface area contributed by atoms with Crippen LogP contribution in [0, 0.1) is 11.8 Å². The van der Waals surface area contributed by atoms with Gasteiger partial charge in [0.25, 0.3) is 5.91 Å². The van der Waals surface area contributed by atoms with Crippen molar-refractivity contribution in [3.05, 3.63) is 10.6 Å². The molecule has 1 saturated heterocycles. The maximum absolute atomic E-state index is 12.4. The summed E-state index contributed by atoms with van der Waals surface area (Å²) in [6.07, 6.45) is 0. The fraction of sp³-hybridized carbons (Fsp3) is 0.667. The van der Waals surface area contributed by atoms with Gasteiger partial charge in [-0.15, -0.1) is 5.10 Å². The number of aliphatic carboxylic acids is 1. The Morgan fingerprint density at radius 1 is 1.42 bits per heavy atom. The first kappa shape index (κ1) is 13.9. The largest absolute Gasteiger partial charge is 0.481 e. The number of nitrogens with zero attached hydrogens (tertiary/aromatic N) is 3. The molecule has 0 saturated carbocycles. The highest BCUT2D eigenvalue weighted by atomic mass is 32.1. The number of rotatable bonds is 3. The summed E-state index contributed by atoms with van der Waals surface area (Å²) in [4.78, 5) is 25.6. The molecular weight excluding hydrogens is 266 g/mol. The van der Waals surface area contributed by atoms with E-state index in [4.69, 9.17) is 5.11 Å². The topological polar surface area (TPSA) is 83.4 Å². The van der Waals surface area contributed by atoms with Crippen LogP contribution in [0.5, 0.6) is 0 Å². The van der Waals surface area contributed by atoms with Crippen molar-refractivity contribution in [2.75, 3.05) is 13.1 Å². The Hall–Kier alpha value is -1.50. The second-order valence-corrected chi connectivity index (χ2v) is 6.03. The lowest BCUT2D eigenvalue weighted by atomic mass is 9.99. The Morgan fingerprint density at radius 3 is 2.63 bits per heavy atom. The van der Waals surface area contributed by atoms with Gasteiger partial charge in [0, 0.05) is 13.1 Å². The van der Waals surface area contributed by atoms with Gasteiger partial charge in [0.05, 0.1) is 11.6 Å². The molecule has 6 nitrogen and oxygen atoms in total. The van der Waals surface area contributed by atoms with E-state index in [0.717, 1.165) is 11.5 Å². The van der Waals surface area contributed by atoms with E-state index in [0.29, 0.717) is 17.1 Å². The molecule has 1 fully saturated rings. The predicted molar refractivity (Wildman–Crippen MR) is 70.2 cm³/mol. The van der Waals surface area contributed by atoms with Crippen molar-refractivity contribution in [1.29, 1.82) is 0 Å². The number of carboxylic acids is 1. The van der Waals surface area contributed by atoms with Crippen LogP contribution in [0.2, 0.25) is 0 Å². The summed E-state index contributed by atoms with van der Waals surface area (Å²) in [6, 6.07) is 0. The molecule has 7 heteroatoms. The molecule has 19 heavy (non-hydrogen) atoms. The van der Waals surface area contributed by atoms with Gasteiger partial charge in [-0.05, 0) is 23.4 Å². The highest BCUT2D eigenvalue weighted by Gasteiger charge is 2.38. The van der Waals surface area contributed by atoms with Crippen LogP contribution >= 0.6 is 11.5 Å². The first-order chi connectivity index (χ1) is 8.91. The van der Waals surface area contributed by atoms with Gasteiger partial charge in [-0.3, -0.25) is 9.59 Å². The van der Waals surface area contributed by atoms with E-state index in [1.54, 1.807) is 4.90 Å². The van der Waals surface area contributed by atoms with Gasteiger partial charge in [-0.25, -0.2) is 0 Å². The maximum Gasteiger partial charge on any atom is 0.308 e. The normalized spacial score (nSPS) is 23.1. The summed E-state index contributed by atoms with van der Waals surface area (Å²) in [5.74, 6) is -1.35. The van der Waals surface area contributed by atoms with Gasteiger partial charge in [0.2, 0.25) is 0 Å². The van der Waals surface area contributed by atoms with Gasteiger partial charge in [-0.1, -0.05) is 25.3 Å². The lowest BCUT2D eigenvalue weighted by molar-refractivity contribution is -0.142. The molecule has 1 aliphatic heterocycles. The van der Waals surface area contributed by atoms with Crippen LogP contribution in [0.3, 0.4) is 0 Å². The molecule has 2 atom stereocenters. The minimum atomic E-state index is -0.839. The number of hydrogen-bond donors (Lipinski definition) is 1. The van der Waals surface area contributed by atoms with Gasteiger partial charge in [0.15, 0.2) is 0 Å². The van der Waals surface area contributed by atoms with E-state index in [1.165, 1.54) is 0 Å². The molecule has 1 aliphatic rings. The molecule has 0 aliphatic carbocycles. The quantitative estimate of drug-likeness (QED) is 0.907. The molecule has 1 aromatic rings. The number of hydrogen-bond acceptors (Lipinski definition) is 5. The third-order valence-corrected chi connectivity index (χ3v) is 4.20. The number of carboxylic acid groups (broad SMARTS) is 1. The Morgan fingerprint density at radius 2 is 2.11 bits per heavy atom. The van der Waals surface area contributed by atoms with Crippen LogP contribution in [-0.4, -0.2) is 44.6 Å². The summed E-state index contributed by atoms with van der Waals surface area (Å²) < 4.78 is 3.84. The predicted octanol–water partition coefficient (Wildman–Crippen LogP) is 1.45. The fourth-order valence-electron chi connectivity index (χ4n) is 2.32. The first-order valence-corrected chi connectivity index (χ1v) is 7.03. The molecule has 1 amide bonds. The van der Waals surface area contributed by atoms with Crippen molar-refractivity contribution >= 4 is 23.4 Å². The molecule has 2 heterocycles. The third kappa shape index (κ3) is 2.60. The maximum atomic E-state index is 12.4. The second kappa shape index (κ2) is 5.24. The SMILES string of the molecule is CC(C)c1nnsc1C(=O)N1CC(C)C(C(=O)O)C1. The monoisotopic (exact) mass is 283 g/mol. The lowest BCUT2D eigenvalue weighted by Gasteiger charge is -2.15. The van der Waals surface area contributed by atoms with Crippen molar-refractivity contribution in [2.45, 2.75) is 26.7 Å². The van der Waals surface area contributed by atoms with E-state index in [-0.39, 0.29) is 24.3 Å². The van der Waals surface area contributed by atoms with Crippen LogP contribution in [0.25, 0.3) is 0 Å². The van der Waals surface area contributed by atoms with Gasteiger partial charge in [0.1, 0.15) is 4.88 Å². The molecule has 2 rings (SSSR count). The van der Waals surface area contributed by atoms with Crippen molar-refractivity contribution < 1.29 is 14.7 Å². The highest BCUT2D eigenvalue weighted by molar-refractivity contribution is 7.08. The second-order valence-electron chi connectivity index (χ2n) is 5.27. The minimum Gasteiger partial charge on any atom is -0.481 e. The molecule has 104 valence electrons. The smallest absolute Gasteiger partial charge is 0.308 e. The summed E-state index contributed by atoms with van der Waals surface area (Å²) in [5.41, 5.74) is 0.696. The molecule has 1 N–H and O–H groups in total. The zero-order valence-corrected chi connectivity index (χ0v) is 12.0. The van der Waals surface area contributed by atoms with E-state index >= 15 is 0 Å². The summed E-state index contributed by atoms with van der Waals surface area (Å²) in [7, 11) is 0. The molecule has 1 aromatic heterocycles. The highest BCUT2D eigenvalue weighted by Crippen LogP contribution is 2.27. The van der Waals surface area contributed by atoms with E-state index in [2.05, 4.69) is 9.59 Å². The van der Waals surface area contributed by atoms with Crippen molar-refractivity contribution in [2.24, 2.45) is 11.8 Å². The van der Waals surface area contributed by atoms with Crippen LogP contribution in [0.4, 0.5) is 0 Å². The first-order valence-electron chi connectivity index (χ1n) is 6.26. The molecule has 2 unspecified atom stereocenters. The van der Waals surface area contributed by atoms with E-state index in [1.807, 2.05) is 20.8 Å². The van der Waals surface area contributed by atoms with Crippen molar-refractivity contribution in [3.63, 3.8) is 0 Å². The minimum absolute atomic E-state index is 0.0233. The van der Waals surface area contributed by atoms with Crippen LogP contribution in [0.1, 0.15) is 42.1 Å². The Balaban J connectivity index is 2.17. The summed E-state index contributed by atoms with van der Waals surface area (Å²) >= 11 is 1.08. The number of aromatic nitrogens is 2. The molecule has 0 spiro atoms. The Kier molecular flexibility index (Phi) is 3.84. The zero-order valence-electron chi connectivity index (χ0n) is 11.2. The van der Waals surface area contributed by atoms with Crippen LogP contribution in [-0.2, 0) is 4.79 Å². The summed E-state index contributed by atoms with van der Waals surface area (Å²) in [6.45, 7) is 6.52. The Bertz CT molecular complexity index is 500. The molecule has 0 radical (unpaired) electrons. The van der Waals surface area contributed by atoms with Crippen LogP contribution in [0.15, 0.2) is 0 Å². The number of carbonyl (C=O) groups is 2. The standard InChI is InChI=1S/C12H17N3O3S/c1-6(2)9-10(19-14-13-9)11(16)15-4-7(3)8(5-15)12(17)18/h6-8H,4-5H2,1-3H3,(H,17,18). The van der Waals surface area contributed by atoms with Crippen molar-refractivity contribution in [3.8, 4) is 0 Å². The van der Waals surface area contributed by atoms with Crippen LogP contribution < -0.4 is 0 Å². The summed E-state index contributed by atoms with van der Waals surface area (Å²) in [5, 5.41) is 13.1. The Labute approximate surface area is 115 Å². The third-order valence-electron chi connectivity index (χ3n) is 3.47.